The average molecular weight is 331 g/mol. The number of amides is 2. The van der Waals surface area contributed by atoms with Crippen LogP contribution < -0.4 is 10.6 Å². The van der Waals surface area contributed by atoms with E-state index in [4.69, 9.17) is 0 Å². The Bertz CT molecular complexity index is 768. The second-order valence-electron chi connectivity index (χ2n) is 5.57. The zero-order valence-electron chi connectivity index (χ0n) is 12.6. The number of carbonyl (C=O) groups is 2. The molecule has 1 aliphatic heterocycles. The molecule has 124 valence electrons. The maximum Gasteiger partial charge on any atom is 0.253 e. The molecule has 7 heteroatoms. The lowest BCUT2D eigenvalue weighted by Crippen LogP contribution is -2.50. The van der Waals surface area contributed by atoms with E-state index in [9.17, 15) is 18.4 Å². The van der Waals surface area contributed by atoms with Crippen LogP contribution in [-0.4, -0.2) is 22.8 Å². The van der Waals surface area contributed by atoms with Gasteiger partial charge < -0.3 is 10.6 Å². The van der Waals surface area contributed by atoms with E-state index in [1.54, 1.807) is 0 Å². The molecule has 2 atom stereocenters. The van der Waals surface area contributed by atoms with E-state index >= 15 is 0 Å². The fourth-order valence-electron chi connectivity index (χ4n) is 2.73. The van der Waals surface area contributed by atoms with Crippen molar-refractivity contribution in [1.82, 2.24) is 15.6 Å². The van der Waals surface area contributed by atoms with Crippen molar-refractivity contribution in [1.29, 1.82) is 0 Å². The molecule has 0 radical (unpaired) electrons. The van der Waals surface area contributed by atoms with Crippen molar-refractivity contribution in [2.45, 2.75) is 24.9 Å². The lowest BCUT2D eigenvalue weighted by molar-refractivity contribution is -0.123. The summed E-state index contributed by atoms with van der Waals surface area (Å²) in [5.41, 5.74) is 0.789. The SMILES string of the molecule is O=C1CC[C@@H](NC(=O)c2cnc(F)c(F)c2)[C@H](c2ccccc2)N1. The number of halogens is 2. The van der Waals surface area contributed by atoms with Crippen molar-refractivity contribution >= 4 is 11.8 Å². The van der Waals surface area contributed by atoms with Crippen LogP contribution in [0.4, 0.5) is 8.78 Å². The number of hydrogen-bond donors (Lipinski definition) is 2. The summed E-state index contributed by atoms with van der Waals surface area (Å²) < 4.78 is 26.1. The third kappa shape index (κ3) is 3.40. The molecule has 2 amide bonds. The summed E-state index contributed by atoms with van der Waals surface area (Å²) in [7, 11) is 0. The first-order valence-electron chi connectivity index (χ1n) is 7.51. The molecule has 3 rings (SSSR count). The van der Waals surface area contributed by atoms with Crippen molar-refractivity contribution in [2.75, 3.05) is 0 Å². The fourth-order valence-corrected chi connectivity index (χ4v) is 2.73. The number of aromatic nitrogens is 1. The molecule has 5 nitrogen and oxygen atoms in total. The molecule has 1 fully saturated rings. The van der Waals surface area contributed by atoms with Crippen LogP contribution in [0, 0.1) is 11.8 Å². The summed E-state index contributed by atoms with van der Waals surface area (Å²) in [5, 5.41) is 5.62. The highest BCUT2D eigenvalue weighted by molar-refractivity contribution is 5.94. The molecular weight excluding hydrogens is 316 g/mol. The van der Waals surface area contributed by atoms with Gasteiger partial charge in [0.2, 0.25) is 11.9 Å². The lowest BCUT2D eigenvalue weighted by atomic mass is 9.91. The van der Waals surface area contributed by atoms with Crippen LogP contribution in [0.3, 0.4) is 0 Å². The van der Waals surface area contributed by atoms with E-state index in [1.807, 2.05) is 30.3 Å². The largest absolute Gasteiger partial charge is 0.347 e. The van der Waals surface area contributed by atoms with Gasteiger partial charge in [0.1, 0.15) is 0 Å². The van der Waals surface area contributed by atoms with Crippen LogP contribution in [-0.2, 0) is 4.79 Å². The van der Waals surface area contributed by atoms with Gasteiger partial charge in [-0.2, -0.15) is 4.39 Å². The normalized spacial score (nSPS) is 20.3. The van der Waals surface area contributed by atoms with Gasteiger partial charge in [-0.15, -0.1) is 0 Å². The summed E-state index contributed by atoms with van der Waals surface area (Å²) >= 11 is 0. The highest BCUT2D eigenvalue weighted by Crippen LogP contribution is 2.24. The average Bonchev–Trinajstić information content (AvgIpc) is 2.59. The van der Waals surface area contributed by atoms with Crippen molar-refractivity contribution in [2.24, 2.45) is 0 Å². The molecule has 0 saturated carbocycles. The Morgan fingerprint density at radius 1 is 1.25 bits per heavy atom. The minimum atomic E-state index is -1.25. The number of benzene rings is 1. The van der Waals surface area contributed by atoms with E-state index in [0.717, 1.165) is 17.8 Å². The minimum Gasteiger partial charge on any atom is -0.347 e. The standard InChI is InChI=1S/C17H15F2N3O2/c18-12-8-11(9-20-16(12)19)17(24)21-13-6-7-14(23)22-15(13)10-4-2-1-3-5-10/h1-5,8-9,13,15H,6-7H2,(H,21,24)(H,22,23)/t13-,15+/m1/s1. The molecule has 1 aromatic heterocycles. The molecule has 1 aromatic carbocycles. The summed E-state index contributed by atoms with van der Waals surface area (Å²) in [6.07, 6.45) is 1.71. The molecule has 1 saturated heterocycles. The first-order chi connectivity index (χ1) is 11.5. The lowest BCUT2D eigenvalue weighted by Gasteiger charge is -2.33. The van der Waals surface area contributed by atoms with Crippen LogP contribution in [0.2, 0.25) is 0 Å². The Morgan fingerprint density at radius 2 is 2.00 bits per heavy atom. The van der Waals surface area contributed by atoms with E-state index in [0.29, 0.717) is 6.42 Å². The van der Waals surface area contributed by atoms with Gasteiger partial charge >= 0.3 is 0 Å². The maximum absolute atomic E-state index is 13.2. The highest BCUT2D eigenvalue weighted by Gasteiger charge is 2.31. The predicted molar refractivity (Wildman–Crippen MR) is 82.0 cm³/mol. The number of piperidine rings is 1. The Kier molecular flexibility index (Phi) is 4.50. The summed E-state index contributed by atoms with van der Waals surface area (Å²) in [5.74, 6) is -3.09. The first-order valence-corrected chi connectivity index (χ1v) is 7.51. The quantitative estimate of drug-likeness (QED) is 0.846. The van der Waals surface area contributed by atoms with Gasteiger partial charge in [0.25, 0.3) is 5.91 Å². The van der Waals surface area contributed by atoms with Crippen LogP contribution in [0.25, 0.3) is 0 Å². The van der Waals surface area contributed by atoms with Crippen LogP contribution in [0.1, 0.15) is 34.8 Å². The molecule has 0 bridgehead atoms. The number of carbonyl (C=O) groups excluding carboxylic acids is 2. The van der Waals surface area contributed by atoms with Crippen molar-refractivity contribution in [3.8, 4) is 0 Å². The fraction of sp³-hybridized carbons (Fsp3) is 0.235. The van der Waals surface area contributed by atoms with Gasteiger partial charge in [0, 0.05) is 12.6 Å². The number of rotatable bonds is 3. The second-order valence-corrected chi connectivity index (χ2v) is 5.57. The van der Waals surface area contributed by atoms with Crippen LogP contribution >= 0.6 is 0 Å². The van der Waals surface area contributed by atoms with Gasteiger partial charge in [0.05, 0.1) is 17.6 Å². The van der Waals surface area contributed by atoms with Gasteiger partial charge in [-0.1, -0.05) is 30.3 Å². The van der Waals surface area contributed by atoms with Gasteiger partial charge in [-0.05, 0) is 18.1 Å². The zero-order valence-corrected chi connectivity index (χ0v) is 12.6. The first kappa shape index (κ1) is 16.0. The number of nitrogens with one attached hydrogen (secondary N) is 2. The van der Waals surface area contributed by atoms with Gasteiger partial charge in [0.15, 0.2) is 5.82 Å². The Hall–Kier alpha value is -2.83. The third-order valence-corrected chi connectivity index (χ3v) is 3.93. The van der Waals surface area contributed by atoms with Gasteiger partial charge in [-0.3, -0.25) is 9.59 Å². The van der Waals surface area contributed by atoms with E-state index in [-0.39, 0.29) is 30.0 Å². The van der Waals surface area contributed by atoms with Crippen molar-refractivity contribution < 1.29 is 18.4 Å². The molecule has 0 unspecified atom stereocenters. The Morgan fingerprint density at radius 3 is 2.71 bits per heavy atom. The molecule has 2 N–H and O–H groups in total. The molecule has 2 aromatic rings. The topological polar surface area (TPSA) is 71.1 Å². The maximum atomic E-state index is 13.2. The number of nitrogens with zero attached hydrogens (tertiary/aromatic N) is 1. The predicted octanol–water partition coefficient (Wildman–Crippen LogP) is 2.11. The van der Waals surface area contributed by atoms with Crippen molar-refractivity contribution in [3.63, 3.8) is 0 Å². The van der Waals surface area contributed by atoms with E-state index in [1.165, 1.54) is 0 Å². The molecule has 1 aliphatic rings. The molecule has 0 spiro atoms. The monoisotopic (exact) mass is 331 g/mol. The Balaban J connectivity index is 1.79. The molecular formula is C17H15F2N3O2. The molecule has 0 aliphatic carbocycles. The molecule has 2 heterocycles. The Labute approximate surface area is 137 Å². The van der Waals surface area contributed by atoms with Crippen LogP contribution in [0.15, 0.2) is 42.6 Å². The second kappa shape index (κ2) is 6.74. The summed E-state index contributed by atoms with van der Waals surface area (Å²) in [6.45, 7) is 0. The summed E-state index contributed by atoms with van der Waals surface area (Å²) in [4.78, 5) is 27.2. The zero-order chi connectivity index (χ0) is 17.1. The number of hydrogen-bond acceptors (Lipinski definition) is 3. The number of pyridine rings is 1. The van der Waals surface area contributed by atoms with Crippen molar-refractivity contribution in [3.05, 3.63) is 65.5 Å². The van der Waals surface area contributed by atoms with E-state index in [2.05, 4.69) is 15.6 Å². The third-order valence-electron chi connectivity index (χ3n) is 3.93. The molecule has 24 heavy (non-hydrogen) atoms. The summed E-state index contributed by atoms with van der Waals surface area (Å²) in [6, 6.07) is 9.32. The smallest absolute Gasteiger partial charge is 0.253 e. The van der Waals surface area contributed by atoms with Crippen LogP contribution in [0.5, 0.6) is 0 Å². The minimum absolute atomic E-state index is 0.0717. The highest BCUT2D eigenvalue weighted by atomic mass is 19.2. The van der Waals surface area contributed by atoms with Gasteiger partial charge in [-0.25, -0.2) is 9.37 Å². The van der Waals surface area contributed by atoms with E-state index < -0.39 is 17.7 Å².